The van der Waals surface area contributed by atoms with Crippen molar-refractivity contribution in [2.24, 2.45) is 0 Å². The first-order valence-corrected chi connectivity index (χ1v) is 9.23. The lowest BCUT2D eigenvalue weighted by Crippen LogP contribution is -2.35. The summed E-state index contributed by atoms with van der Waals surface area (Å²) < 4.78 is 13.7. The third kappa shape index (κ3) is 3.40. The lowest BCUT2D eigenvalue weighted by atomic mass is 9.98. The molecule has 0 aliphatic carbocycles. The van der Waals surface area contributed by atoms with E-state index in [9.17, 15) is 4.79 Å². The minimum Gasteiger partial charge on any atom is -0.459 e. The van der Waals surface area contributed by atoms with Gasteiger partial charge in [-0.1, -0.05) is 36.7 Å². The Hall–Kier alpha value is -2.51. The number of carbonyl (C=O) groups is 1. The van der Waals surface area contributed by atoms with Crippen LogP contribution in [0.2, 0.25) is 5.15 Å². The second-order valence-corrected chi connectivity index (χ2v) is 6.94. The number of ether oxygens (including phenoxy) is 2. The van der Waals surface area contributed by atoms with Gasteiger partial charge in [0.25, 0.3) is 0 Å². The van der Waals surface area contributed by atoms with Crippen LogP contribution >= 0.6 is 11.6 Å². The van der Waals surface area contributed by atoms with E-state index < -0.39 is 5.60 Å². The standard InChI is InChI=1S/C19H19ClN4O3/c1-2-19(10-26-18(25)13-6-4-3-5-7-13)9-8-14(27-19)24-12-23-15-16(20)21-11-22-17(15)24/h3-7,11-12,14H,2,8-10H2,1H3/t14-,19+/m1/s1. The summed E-state index contributed by atoms with van der Waals surface area (Å²) >= 11 is 6.08. The van der Waals surface area contributed by atoms with E-state index in [1.807, 2.05) is 29.7 Å². The molecule has 0 amide bonds. The topological polar surface area (TPSA) is 79.1 Å². The zero-order valence-electron chi connectivity index (χ0n) is 14.8. The highest BCUT2D eigenvalue weighted by molar-refractivity contribution is 6.33. The molecular weight excluding hydrogens is 368 g/mol. The fraction of sp³-hybridized carbons (Fsp3) is 0.368. The van der Waals surface area contributed by atoms with Gasteiger partial charge in [-0.05, 0) is 31.4 Å². The van der Waals surface area contributed by atoms with Crippen molar-refractivity contribution in [3.05, 3.63) is 53.7 Å². The number of esters is 1. The van der Waals surface area contributed by atoms with Crippen molar-refractivity contribution in [1.29, 1.82) is 0 Å². The molecule has 1 aliphatic heterocycles. The van der Waals surface area contributed by atoms with E-state index in [-0.39, 0.29) is 18.8 Å². The molecule has 1 aliphatic rings. The van der Waals surface area contributed by atoms with Crippen molar-refractivity contribution in [2.75, 3.05) is 6.61 Å². The van der Waals surface area contributed by atoms with Gasteiger partial charge in [-0.25, -0.2) is 19.7 Å². The Labute approximate surface area is 161 Å². The highest BCUT2D eigenvalue weighted by atomic mass is 35.5. The number of benzene rings is 1. The minimum absolute atomic E-state index is 0.204. The molecule has 3 heterocycles. The number of imidazole rings is 1. The highest BCUT2D eigenvalue weighted by Gasteiger charge is 2.41. The van der Waals surface area contributed by atoms with E-state index in [0.717, 1.165) is 19.3 Å². The molecule has 8 heteroatoms. The van der Waals surface area contributed by atoms with Gasteiger partial charge in [-0.15, -0.1) is 0 Å². The third-order valence-corrected chi connectivity index (χ3v) is 5.25. The van der Waals surface area contributed by atoms with Crippen LogP contribution in [0.4, 0.5) is 0 Å². The number of halogens is 1. The Morgan fingerprint density at radius 3 is 2.93 bits per heavy atom. The number of fused-ring (bicyclic) bond motifs is 1. The van der Waals surface area contributed by atoms with Crippen LogP contribution in [0.25, 0.3) is 11.2 Å². The minimum atomic E-state index is -0.525. The van der Waals surface area contributed by atoms with Crippen LogP contribution in [0.3, 0.4) is 0 Å². The molecule has 0 radical (unpaired) electrons. The Kier molecular flexibility index (Phi) is 4.80. The van der Waals surface area contributed by atoms with Gasteiger partial charge in [0, 0.05) is 0 Å². The molecule has 1 fully saturated rings. The molecule has 0 unspecified atom stereocenters. The zero-order valence-corrected chi connectivity index (χ0v) is 15.6. The van der Waals surface area contributed by atoms with E-state index in [1.54, 1.807) is 18.5 Å². The molecule has 140 valence electrons. The van der Waals surface area contributed by atoms with Crippen molar-refractivity contribution < 1.29 is 14.3 Å². The van der Waals surface area contributed by atoms with Crippen LogP contribution in [0.5, 0.6) is 0 Å². The first kappa shape index (κ1) is 17.9. The largest absolute Gasteiger partial charge is 0.459 e. The van der Waals surface area contributed by atoms with Crippen molar-refractivity contribution in [3.63, 3.8) is 0 Å². The van der Waals surface area contributed by atoms with E-state index in [2.05, 4.69) is 15.0 Å². The number of hydrogen-bond donors (Lipinski definition) is 0. The quantitative estimate of drug-likeness (QED) is 0.490. The number of nitrogens with zero attached hydrogens (tertiary/aromatic N) is 4. The normalized spacial score (nSPS) is 22.2. The van der Waals surface area contributed by atoms with E-state index in [1.165, 1.54) is 6.33 Å². The molecule has 7 nitrogen and oxygen atoms in total. The molecule has 2 atom stereocenters. The maximum Gasteiger partial charge on any atom is 0.338 e. The van der Waals surface area contributed by atoms with E-state index in [0.29, 0.717) is 21.9 Å². The first-order chi connectivity index (χ1) is 13.1. The summed E-state index contributed by atoms with van der Waals surface area (Å²) in [6.07, 6.45) is 5.10. The van der Waals surface area contributed by atoms with Crippen LogP contribution < -0.4 is 0 Å². The van der Waals surface area contributed by atoms with E-state index >= 15 is 0 Å². The van der Waals surface area contributed by atoms with Gasteiger partial charge in [-0.2, -0.15) is 0 Å². The van der Waals surface area contributed by atoms with Gasteiger partial charge in [0.1, 0.15) is 30.3 Å². The third-order valence-electron chi connectivity index (χ3n) is 4.98. The van der Waals surface area contributed by atoms with Crippen molar-refractivity contribution >= 4 is 28.7 Å². The summed E-state index contributed by atoms with van der Waals surface area (Å²) in [5.74, 6) is -0.344. The number of aromatic nitrogens is 4. The SMILES string of the molecule is CC[C@@]1(COC(=O)c2ccccc2)CC[C@H](n2cnc3c(Cl)ncnc32)O1. The van der Waals surface area contributed by atoms with Gasteiger partial charge >= 0.3 is 5.97 Å². The fourth-order valence-electron chi connectivity index (χ4n) is 3.35. The van der Waals surface area contributed by atoms with Gasteiger partial charge in [-0.3, -0.25) is 4.57 Å². The predicted molar refractivity (Wildman–Crippen MR) is 99.4 cm³/mol. The van der Waals surface area contributed by atoms with Crippen LogP contribution in [-0.4, -0.2) is 37.7 Å². The van der Waals surface area contributed by atoms with Crippen molar-refractivity contribution in [3.8, 4) is 0 Å². The number of carbonyl (C=O) groups excluding carboxylic acids is 1. The number of rotatable bonds is 5. The summed E-state index contributed by atoms with van der Waals surface area (Å²) in [7, 11) is 0. The molecule has 2 aromatic heterocycles. The number of hydrogen-bond acceptors (Lipinski definition) is 6. The summed E-state index contributed by atoms with van der Waals surface area (Å²) in [5.41, 5.74) is 1.19. The van der Waals surface area contributed by atoms with Gasteiger partial charge in [0.15, 0.2) is 10.8 Å². The molecule has 3 aromatic rings. The van der Waals surface area contributed by atoms with Gasteiger partial charge in [0.2, 0.25) is 0 Å². The monoisotopic (exact) mass is 386 g/mol. The molecule has 0 saturated carbocycles. The summed E-state index contributed by atoms with van der Waals surface area (Å²) in [5, 5.41) is 0.315. The van der Waals surface area contributed by atoms with Crippen molar-refractivity contribution in [2.45, 2.75) is 38.0 Å². The lowest BCUT2D eigenvalue weighted by Gasteiger charge is -2.28. The Balaban J connectivity index is 1.49. The Morgan fingerprint density at radius 2 is 2.15 bits per heavy atom. The average Bonchev–Trinajstić information content (AvgIpc) is 3.32. The second-order valence-electron chi connectivity index (χ2n) is 6.58. The van der Waals surface area contributed by atoms with Gasteiger partial charge < -0.3 is 9.47 Å². The molecule has 1 aromatic carbocycles. The first-order valence-electron chi connectivity index (χ1n) is 8.85. The molecule has 0 spiro atoms. The van der Waals surface area contributed by atoms with Gasteiger partial charge in [0.05, 0.1) is 11.9 Å². The Morgan fingerprint density at radius 1 is 1.33 bits per heavy atom. The smallest absolute Gasteiger partial charge is 0.338 e. The second kappa shape index (κ2) is 7.25. The summed E-state index contributed by atoms with van der Waals surface area (Å²) in [6, 6.07) is 8.96. The predicted octanol–water partition coefficient (Wildman–Crippen LogP) is 3.79. The average molecular weight is 387 g/mol. The van der Waals surface area contributed by atoms with Crippen LogP contribution in [-0.2, 0) is 9.47 Å². The van der Waals surface area contributed by atoms with Crippen LogP contribution in [0, 0.1) is 0 Å². The lowest BCUT2D eigenvalue weighted by molar-refractivity contribution is -0.102. The molecule has 4 rings (SSSR count). The zero-order chi connectivity index (χ0) is 18.9. The van der Waals surface area contributed by atoms with Crippen LogP contribution in [0.1, 0.15) is 42.8 Å². The molecule has 1 saturated heterocycles. The molecular formula is C19H19ClN4O3. The molecule has 0 N–H and O–H groups in total. The Bertz CT molecular complexity index is 962. The highest BCUT2D eigenvalue weighted by Crippen LogP contribution is 2.40. The molecule has 27 heavy (non-hydrogen) atoms. The van der Waals surface area contributed by atoms with Crippen molar-refractivity contribution in [1.82, 2.24) is 19.5 Å². The maximum atomic E-state index is 12.3. The fourth-order valence-corrected chi connectivity index (χ4v) is 3.52. The summed E-state index contributed by atoms with van der Waals surface area (Å²) in [4.78, 5) is 24.8. The molecule has 0 bridgehead atoms. The van der Waals surface area contributed by atoms with Crippen LogP contribution in [0.15, 0.2) is 43.0 Å². The summed E-state index contributed by atoms with van der Waals surface area (Å²) in [6.45, 7) is 2.24. The van der Waals surface area contributed by atoms with E-state index in [4.69, 9.17) is 21.1 Å². The maximum absolute atomic E-state index is 12.3.